The number of benzene rings is 1. The highest BCUT2D eigenvalue weighted by molar-refractivity contribution is 8.02. The Kier molecular flexibility index (Phi) is 4.88. The largest absolute Gasteiger partial charge is 0.337 e. The molecule has 3 rings (SSSR count). The first kappa shape index (κ1) is 16.3. The van der Waals surface area contributed by atoms with E-state index in [0.717, 1.165) is 46.7 Å². The van der Waals surface area contributed by atoms with Crippen LogP contribution in [0.15, 0.2) is 28.6 Å². The fourth-order valence-electron chi connectivity index (χ4n) is 2.86. The number of fused-ring (bicyclic) bond motifs is 1. The summed E-state index contributed by atoms with van der Waals surface area (Å²) < 4.78 is 2.02. The molecule has 0 radical (unpaired) electrons. The van der Waals surface area contributed by atoms with Gasteiger partial charge in [-0.15, -0.1) is 11.3 Å². The molecule has 1 aliphatic carbocycles. The molecule has 2 aromatic rings. The van der Waals surface area contributed by atoms with Crippen molar-refractivity contribution in [2.24, 2.45) is 0 Å². The average Bonchev–Trinajstić information content (AvgIpc) is 2.97. The number of thioether (sulfide) groups is 1. The SMILES string of the molecule is CC(Sc1nc2ccccc2s1)C(=O)NC1(C#N)CCCCC1. The first-order valence-corrected chi connectivity index (χ1v) is 9.57. The molecule has 1 aromatic carbocycles. The summed E-state index contributed by atoms with van der Waals surface area (Å²) >= 11 is 3.06. The number of hydrogen-bond donors (Lipinski definition) is 1. The zero-order valence-corrected chi connectivity index (χ0v) is 14.7. The van der Waals surface area contributed by atoms with Gasteiger partial charge in [-0.05, 0) is 31.9 Å². The van der Waals surface area contributed by atoms with Crippen LogP contribution in [-0.2, 0) is 4.79 Å². The summed E-state index contributed by atoms with van der Waals surface area (Å²) in [6.45, 7) is 1.87. The van der Waals surface area contributed by atoms with Crippen molar-refractivity contribution >= 4 is 39.2 Å². The number of nitrogens with zero attached hydrogens (tertiary/aromatic N) is 2. The summed E-state index contributed by atoms with van der Waals surface area (Å²) in [7, 11) is 0. The number of rotatable bonds is 4. The number of amides is 1. The molecule has 1 heterocycles. The predicted octanol–water partition coefficient (Wildman–Crippen LogP) is 4.12. The monoisotopic (exact) mass is 345 g/mol. The van der Waals surface area contributed by atoms with Crippen LogP contribution in [0.25, 0.3) is 10.2 Å². The maximum atomic E-state index is 12.5. The summed E-state index contributed by atoms with van der Waals surface area (Å²) in [6.07, 6.45) is 4.68. The third-order valence-electron chi connectivity index (χ3n) is 4.20. The van der Waals surface area contributed by atoms with Crippen molar-refractivity contribution in [3.8, 4) is 6.07 Å². The van der Waals surface area contributed by atoms with E-state index in [1.165, 1.54) is 11.8 Å². The standard InChI is InChI=1S/C17H19N3OS2/c1-12(15(21)20-17(11-18)9-5-2-6-10-17)22-16-19-13-7-3-4-8-14(13)23-16/h3-4,7-8,12H,2,5-6,9-10H2,1H3,(H,20,21). The van der Waals surface area contributed by atoms with Crippen molar-refractivity contribution in [1.82, 2.24) is 10.3 Å². The van der Waals surface area contributed by atoms with Crippen LogP contribution in [0.3, 0.4) is 0 Å². The molecule has 1 unspecified atom stereocenters. The van der Waals surface area contributed by atoms with Gasteiger partial charge in [0.25, 0.3) is 0 Å². The fourth-order valence-corrected chi connectivity index (χ4v) is 5.08. The molecule has 1 aliphatic rings. The lowest BCUT2D eigenvalue weighted by Gasteiger charge is -2.32. The van der Waals surface area contributed by atoms with Crippen LogP contribution in [0.4, 0.5) is 0 Å². The molecule has 0 aliphatic heterocycles. The average molecular weight is 345 g/mol. The van der Waals surface area contributed by atoms with E-state index in [9.17, 15) is 10.1 Å². The maximum Gasteiger partial charge on any atom is 0.234 e. The van der Waals surface area contributed by atoms with E-state index in [1.54, 1.807) is 11.3 Å². The fraction of sp³-hybridized carbons (Fsp3) is 0.471. The minimum absolute atomic E-state index is 0.0716. The summed E-state index contributed by atoms with van der Waals surface area (Å²) in [5.41, 5.74) is 0.297. The molecular formula is C17H19N3OS2. The Labute approximate surface area is 144 Å². The Morgan fingerprint density at radius 1 is 1.39 bits per heavy atom. The zero-order valence-electron chi connectivity index (χ0n) is 13.0. The van der Waals surface area contributed by atoms with E-state index in [-0.39, 0.29) is 11.2 Å². The predicted molar refractivity (Wildman–Crippen MR) is 94.5 cm³/mol. The molecule has 1 aromatic heterocycles. The zero-order chi connectivity index (χ0) is 16.3. The molecule has 1 fully saturated rings. The molecule has 0 saturated heterocycles. The van der Waals surface area contributed by atoms with Gasteiger partial charge in [0, 0.05) is 0 Å². The summed E-state index contributed by atoms with van der Waals surface area (Å²) in [5, 5.41) is 12.2. The number of carbonyl (C=O) groups is 1. The van der Waals surface area contributed by atoms with Gasteiger partial charge in [-0.2, -0.15) is 5.26 Å². The van der Waals surface area contributed by atoms with Gasteiger partial charge >= 0.3 is 0 Å². The molecule has 1 amide bonds. The first-order valence-electron chi connectivity index (χ1n) is 7.87. The van der Waals surface area contributed by atoms with Gasteiger partial charge in [-0.3, -0.25) is 4.79 Å². The summed E-state index contributed by atoms with van der Waals surface area (Å²) in [6, 6.07) is 10.3. The minimum atomic E-state index is -0.669. The van der Waals surface area contributed by atoms with E-state index in [2.05, 4.69) is 16.4 Å². The highest BCUT2D eigenvalue weighted by Crippen LogP contribution is 2.33. The molecule has 0 spiro atoms. The molecule has 1 N–H and O–H groups in total. The quantitative estimate of drug-likeness (QED) is 0.847. The third-order valence-corrected chi connectivity index (χ3v) is 6.43. The number of aromatic nitrogens is 1. The Bertz CT molecular complexity index is 711. The van der Waals surface area contributed by atoms with Gasteiger partial charge in [0.05, 0.1) is 21.5 Å². The van der Waals surface area contributed by atoms with E-state index >= 15 is 0 Å². The molecule has 1 atom stereocenters. The van der Waals surface area contributed by atoms with Crippen LogP contribution in [0, 0.1) is 11.3 Å². The lowest BCUT2D eigenvalue weighted by Crippen LogP contribution is -2.50. The molecular weight excluding hydrogens is 326 g/mol. The highest BCUT2D eigenvalue weighted by Gasteiger charge is 2.35. The number of carbonyl (C=O) groups excluding carboxylic acids is 1. The van der Waals surface area contributed by atoms with Crippen molar-refractivity contribution in [2.75, 3.05) is 0 Å². The van der Waals surface area contributed by atoms with E-state index in [4.69, 9.17) is 0 Å². The Hall–Kier alpha value is -1.58. The third kappa shape index (κ3) is 3.67. The topological polar surface area (TPSA) is 65.8 Å². The second kappa shape index (κ2) is 6.90. The summed E-state index contributed by atoms with van der Waals surface area (Å²) in [4.78, 5) is 17.0. The van der Waals surface area contributed by atoms with Gasteiger partial charge in [0.15, 0.2) is 4.34 Å². The lowest BCUT2D eigenvalue weighted by molar-refractivity contribution is -0.121. The number of nitrogens with one attached hydrogen (secondary N) is 1. The normalized spacial score (nSPS) is 18.3. The molecule has 23 heavy (non-hydrogen) atoms. The van der Waals surface area contributed by atoms with Crippen molar-refractivity contribution in [1.29, 1.82) is 5.26 Å². The Morgan fingerprint density at radius 3 is 2.83 bits per heavy atom. The van der Waals surface area contributed by atoms with Crippen LogP contribution in [0.1, 0.15) is 39.0 Å². The van der Waals surface area contributed by atoms with Crippen LogP contribution >= 0.6 is 23.1 Å². The van der Waals surface area contributed by atoms with Gasteiger partial charge in [0.1, 0.15) is 5.54 Å². The van der Waals surface area contributed by atoms with Crippen molar-refractivity contribution in [3.05, 3.63) is 24.3 Å². The highest BCUT2D eigenvalue weighted by atomic mass is 32.2. The van der Waals surface area contributed by atoms with Crippen LogP contribution < -0.4 is 5.32 Å². The molecule has 0 bridgehead atoms. The number of hydrogen-bond acceptors (Lipinski definition) is 5. The van der Waals surface area contributed by atoms with E-state index in [1.807, 2.05) is 31.2 Å². The van der Waals surface area contributed by atoms with Gasteiger partial charge in [-0.1, -0.05) is 43.2 Å². The van der Waals surface area contributed by atoms with E-state index < -0.39 is 5.54 Å². The summed E-state index contributed by atoms with van der Waals surface area (Å²) in [5.74, 6) is -0.0716. The lowest BCUT2D eigenvalue weighted by atomic mass is 9.83. The van der Waals surface area contributed by atoms with Crippen molar-refractivity contribution in [2.45, 2.75) is 54.2 Å². The van der Waals surface area contributed by atoms with E-state index in [0.29, 0.717) is 0 Å². The van der Waals surface area contributed by atoms with Crippen molar-refractivity contribution < 1.29 is 4.79 Å². The molecule has 120 valence electrons. The van der Waals surface area contributed by atoms with Gasteiger partial charge in [-0.25, -0.2) is 4.98 Å². The number of thiazole rings is 1. The number of nitriles is 1. The van der Waals surface area contributed by atoms with Crippen LogP contribution in [0.2, 0.25) is 0 Å². The second-order valence-corrected chi connectivity index (χ2v) is 8.57. The van der Waals surface area contributed by atoms with Crippen LogP contribution in [0.5, 0.6) is 0 Å². The Balaban J connectivity index is 1.66. The van der Waals surface area contributed by atoms with Gasteiger partial charge in [0.2, 0.25) is 5.91 Å². The smallest absolute Gasteiger partial charge is 0.234 e. The molecule has 1 saturated carbocycles. The van der Waals surface area contributed by atoms with Gasteiger partial charge < -0.3 is 5.32 Å². The number of para-hydroxylation sites is 1. The minimum Gasteiger partial charge on any atom is -0.337 e. The van der Waals surface area contributed by atoms with Crippen molar-refractivity contribution in [3.63, 3.8) is 0 Å². The first-order chi connectivity index (χ1) is 11.1. The Morgan fingerprint density at radius 2 is 2.13 bits per heavy atom. The molecule has 4 nitrogen and oxygen atoms in total. The maximum absolute atomic E-state index is 12.5. The second-order valence-electron chi connectivity index (χ2n) is 5.95. The van der Waals surface area contributed by atoms with Crippen LogP contribution in [-0.4, -0.2) is 21.7 Å². The molecule has 6 heteroatoms.